The lowest BCUT2D eigenvalue weighted by atomic mass is 10.0. The fourth-order valence-corrected chi connectivity index (χ4v) is 1.96. The van der Waals surface area contributed by atoms with Crippen LogP contribution in [0.5, 0.6) is 5.75 Å². The number of methoxy groups -OCH3 is 1. The normalized spacial score (nSPS) is 12.5. The Balaban J connectivity index is 2.73. The van der Waals surface area contributed by atoms with Crippen molar-refractivity contribution < 1.29 is 9.84 Å². The van der Waals surface area contributed by atoms with Gasteiger partial charge in [0.05, 0.1) is 13.2 Å². The third-order valence-electron chi connectivity index (χ3n) is 2.40. The maximum absolute atomic E-state index is 9.89. The van der Waals surface area contributed by atoms with E-state index >= 15 is 0 Å². The molecule has 2 nitrogen and oxygen atoms in total. The first-order valence-corrected chi connectivity index (χ1v) is 6.40. The van der Waals surface area contributed by atoms with Crippen LogP contribution in [0.3, 0.4) is 0 Å². The van der Waals surface area contributed by atoms with E-state index in [0.29, 0.717) is 0 Å². The van der Waals surface area contributed by atoms with E-state index in [1.807, 2.05) is 31.4 Å². The minimum atomic E-state index is -0.359. The molecule has 1 aromatic rings. The number of aryl methyl sites for hydroxylation is 1. The molecule has 0 radical (unpaired) electrons. The van der Waals surface area contributed by atoms with E-state index in [-0.39, 0.29) is 6.10 Å². The lowest BCUT2D eigenvalue weighted by Gasteiger charge is -2.12. The summed E-state index contributed by atoms with van der Waals surface area (Å²) in [6.07, 6.45) is 2.49. The fraction of sp³-hybridized carbons (Fsp3) is 0.500. The number of ether oxygens (including phenoxy) is 1. The van der Waals surface area contributed by atoms with Gasteiger partial charge in [0, 0.05) is 0 Å². The van der Waals surface area contributed by atoms with Crippen molar-refractivity contribution in [3.63, 3.8) is 0 Å². The highest BCUT2D eigenvalue weighted by atomic mass is 32.2. The monoisotopic (exact) mass is 226 g/mol. The summed E-state index contributed by atoms with van der Waals surface area (Å²) in [7, 11) is 1.66. The minimum absolute atomic E-state index is 0.359. The first kappa shape index (κ1) is 12.4. The largest absolute Gasteiger partial charge is 0.496 e. The van der Waals surface area contributed by atoms with Crippen LogP contribution in [-0.4, -0.2) is 24.2 Å². The van der Waals surface area contributed by atoms with Gasteiger partial charge in [0.2, 0.25) is 0 Å². The van der Waals surface area contributed by atoms with E-state index in [0.717, 1.165) is 29.1 Å². The summed E-state index contributed by atoms with van der Waals surface area (Å²) < 4.78 is 5.18. The Morgan fingerprint density at radius 2 is 2.20 bits per heavy atom. The van der Waals surface area contributed by atoms with Crippen molar-refractivity contribution in [2.45, 2.75) is 19.4 Å². The maximum atomic E-state index is 9.89. The van der Waals surface area contributed by atoms with Crippen molar-refractivity contribution in [2.75, 3.05) is 19.1 Å². The Morgan fingerprint density at radius 3 is 2.73 bits per heavy atom. The molecule has 1 unspecified atom stereocenters. The van der Waals surface area contributed by atoms with Crippen molar-refractivity contribution in [2.24, 2.45) is 0 Å². The third kappa shape index (κ3) is 3.43. The van der Waals surface area contributed by atoms with Gasteiger partial charge >= 0.3 is 0 Å². The van der Waals surface area contributed by atoms with Gasteiger partial charge < -0.3 is 9.84 Å². The van der Waals surface area contributed by atoms with Crippen LogP contribution in [0.1, 0.15) is 23.7 Å². The molecule has 0 aliphatic carbocycles. The highest BCUT2D eigenvalue weighted by molar-refractivity contribution is 7.98. The van der Waals surface area contributed by atoms with Gasteiger partial charge in [-0.1, -0.05) is 6.07 Å². The first-order valence-electron chi connectivity index (χ1n) is 5.00. The summed E-state index contributed by atoms with van der Waals surface area (Å²) in [5.74, 6) is 1.85. The SMILES string of the molecule is COc1ccc(C(O)CCSC)cc1C. The Morgan fingerprint density at radius 1 is 1.47 bits per heavy atom. The van der Waals surface area contributed by atoms with E-state index in [1.54, 1.807) is 18.9 Å². The molecule has 0 heterocycles. The molecular weight excluding hydrogens is 208 g/mol. The van der Waals surface area contributed by atoms with Crippen molar-refractivity contribution in [3.05, 3.63) is 29.3 Å². The van der Waals surface area contributed by atoms with Crippen molar-refractivity contribution in [3.8, 4) is 5.75 Å². The Bertz CT molecular complexity index is 312. The molecule has 0 aromatic heterocycles. The topological polar surface area (TPSA) is 29.5 Å². The smallest absolute Gasteiger partial charge is 0.121 e. The van der Waals surface area contributed by atoms with Gasteiger partial charge in [-0.2, -0.15) is 11.8 Å². The molecule has 3 heteroatoms. The standard InChI is InChI=1S/C12H18O2S/c1-9-8-10(4-5-12(9)14-2)11(13)6-7-15-3/h4-5,8,11,13H,6-7H2,1-3H3. The molecule has 0 spiro atoms. The van der Waals surface area contributed by atoms with Gasteiger partial charge in [-0.05, 0) is 48.6 Å². The molecule has 0 saturated carbocycles. The van der Waals surface area contributed by atoms with Crippen LogP contribution in [0.25, 0.3) is 0 Å². The molecule has 0 aliphatic heterocycles. The summed E-state index contributed by atoms with van der Waals surface area (Å²) in [5.41, 5.74) is 2.04. The molecule has 1 atom stereocenters. The van der Waals surface area contributed by atoms with Gasteiger partial charge in [-0.25, -0.2) is 0 Å². The van der Waals surface area contributed by atoms with Gasteiger partial charge in [0.25, 0.3) is 0 Å². The number of aliphatic hydroxyl groups is 1. The lowest BCUT2D eigenvalue weighted by Crippen LogP contribution is -2.00. The van der Waals surface area contributed by atoms with Crippen LogP contribution in [0, 0.1) is 6.92 Å². The second kappa shape index (κ2) is 6.03. The third-order valence-corrected chi connectivity index (χ3v) is 3.04. The summed E-state index contributed by atoms with van der Waals surface area (Å²) in [4.78, 5) is 0. The quantitative estimate of drug-likeness (QED) is 0.837. The summed E-state index contributed by atoms with van der Waals surface area (Å²) in [5, 5.41) is 9.89. The second-order valence-electron chi connectivity index (χ2n) is 3.53. The van der Waals surface area contributed by atoms with Crippen LogP contribution in [0.2, 0.25) is 0 Å². The van der Waals surface area contributed by atoms with E-state index in [9.17, 15) is 5.11 Å². The maximum Gasteiger partial charge on any atom is 0.121 e. The van der Waals surface area contributed by atoms with Gasteiger partial charge in [0.1, 0.15) is 5.75 Å². The zero-order valence-electron chi connectivity index (χ0n) is 9.49. The Labute approximate surface area is 95.7 Å². The molecule has 0 aliphatic rings. The zero-order valence-corrected chi connectivity index (χ0v) is 10.3. The Hall–Kier alpha value is -0.670. The molecule has 15 heavy (non-hydrogen) atoms. The molecular formula is C12H18O2S. The molecule has 0 fully saturated rings. The van der Waals surface area contributed by atoms with E-state index in [4.69, 9.17) is 4.74 Å². The fourth-order valence-electron chi connectivity index (χ4n) is 1.51. The lowest BCUT2D eigenvalue weighted by molar-refractivity contribution is 0.175. The van der Waals surface area contributed by atoms with Gasteiger partial charge in [-0.3, -0.25) is 0 Å². The number of hydrogen-bond donors (Lipinski definition) is 1. The van der Waals surface area contributed by atoms with Crippen LogP contribution < -0.4 is 4.74 Å². The predicted molar refractivity (Wildman–Crippen MR) is 65.7 cm³/mol. The first-order chi connectivity index (χ1) is 7.19. The van der Waals surface area contributed by atoms with Crippen LogP contribution in [-0.2, 0) is 0 Å². The predicted octanol–water partition coefficient (Wildman–Crippen LogP) is 2.79. The summed E-state index contributed by atoms with van der Waals surface area (Å²) in [6.45, 7) is 1.99. The van der Waals surface area contributed by atoms with Gasteiger partial charge in [-0.15, -0.1) is 0 Å². The van der Waals surface area contributed by atoms with Crippen LogP contribution in [0.15, 0.2) is 18.2 Å². The number of rotatable bonds is 5. The zero-order chi connectivity index (χ0) is 11.3. The van der Waals surface area contributed by atoms with Crippen molar-refractivity contribution in [1.29, 1.82) is 0 Å². The Kier molecular flexibility index (Phi) is 4.99. The van der Waals surface area contributed by atoms with E-state index in [1.165, 1.54) is 0 Å². The highest BCUT2D eigenvalue weighted by Crippen LogP contribution is 2.24. The average molecular weight is 226 g/mol. The molecule has 0 saturated heterocycles. The van der Waals surface area contributed by atoms with Gasteiger partial charge in [0.15, 0.2) is 0 Å². The number of aliphatic hydroxyl groups excluding tert-OH is 1. The molecule has 1 rings (SSSR count). The summed E-state index contributed by atoms with van der Waals surface area (Å²) in [6, 6.07) is 5.83. The van der Waals surface area contributed by atoms with E-state index < -0.39 is 0 Å². The van der Waals surface area contributed by atoms with Crippen molar-refractivity contribution >= 4 is 11.8 Å². The minimum Gasteiger partial charge on any atom is -0.496 e. The molecule has 1 aromatic carbocycles. The number of benzene rings is 1. The number of hydrogen-bond acceptors (Lipinski definition) is 3. The van der Waals surface area contributed by atoms with Crippen molar-refractivity contribution in [1.82, 2.24) is 0 Å². The molecule has 1 N–H and O–H groups in total. The number of thioether (sulfide) groups is 1. The average Bonchev–Trinajstić information content (AvgIpc) is 2.25. The molecule has 0 amide bonds. The molecule has 0 bridgehead atoms. The second-order valence-corrected chi connectivity index (χ2v) is 4.51. The molecule has 84 valence electrons. The highest BCUT2D eigenvalue weighted by Gasteiger charge is 2.08. The van der Waals surface area contributed by atoms with E-state index in [2.05, 4.69) is 0 Å². The summed E-state index contributed by atoms with van der Waals surface area (Å²) >= 11 is 1.75. The van der Waals surface area contributed by atoms with Crippen LogP contribution >= 0.6 is 11.8 Å². The van der Waals surface area contributed by atoms with Crippen LogP contribution in [0.4, 0.5) is 0 Å².